The second-order valence-electron chi connectivity index (χ2n) is 5.55. The maximum Gasteiger partial charge on any atom is 0.637 e. The van der Waals surface area contributed by atoms with Gasteiger partial charge in [0.15, 0.2) is 0 Å². The van der Waals surface area contributed by atoms with E-state index in [0.29, 0.717) is 11.1 Å². The van der Waals surface area contributed by atoms with Crippen LogP contribution in [-0.4, -0.2) is 34.6 Å². The number of benzene rings is 1. The van der Waals surface area contributed by atoms with Crippen molar-refractivity contribution in [3.8, 4) is 0 Å². The Morgan fingerprint density at radius 1 is 1.35 bits per heavy atom. The largest absolute Gasteiger partial charge is 0.637 e. The molecule has 7 heteroatoms. The van der Waals surface area contributed by atoms with Crippen molar-refractivity contribution < 1.29 is 24.2 Å². The Labute approximate surface area is 117 Å². The van der Waals surface area contributed by atoms with Crippen LogP contribution in [0.1, 0.15) is 42.8 Å². The van der Waals surface area contributed by atoms with Gasteiger partial charge in [0.05, 0.1) is 5.60 Å². The van der Waals surface area contributed by atoms with Gasteiger partial charge in [-0.25, -0.2) is 0 Å². The number of carbonyl (C=O) groups excluding carboxylic acids is 1. The first kappa shape index (κ1) is 15.0. The second-order valence-corrected chi connectivity index (χ2v) is 5.55. The summed E-state index contributed by atoms with van der Waals surface area (Å²) < 4.78 is 10.6. The van der Waals surface area contributed by atoms with Crippen LogP contribution in [0.4, 0.5) is 0 Å². The zero-order chi connectivity index (χ0) is 15.1. The summed E-state index contributed by atoms with van der Waals surface area (Å²) in [6.45, 7) is 5.07. The minimum Gasteiger partial charge on any atom is -0.402 e. The lowest BCUT2D eigenvalue weighted by Crippen LogP contribution is -2.49. The van der Waals surface area contributed by atoms with E-state index in [4.69, 9.17) is 15.0 Å². The number of hydrogen-bond acceptors (Lipinski definition) is 5. The van der Waals surface area contributed by atoms with Gasteiger partial charge in [-0.05, 0) is 38.5 Å². The Bertz CT molecular complexity index is 535. The number of nitrogens with two attached hydrogens (primary N) is 1. The lowest BCUT2D eigenvalue weighted by Gasteiger charge is -2.40. The zero-order valence-corrected chi connectivity index (χ0v) is 11.7. The molecule has 108 valence electrons. The van der Waals surface area contributed by atoms with E-state index in [1.165, 1.54) is 6.07 Å². The first-order valence-corrected chi connectivity index (χ1v) is 6.29. The molecule has 1 aliphatic heterocycles. The SMILES string of the molecule is CC1(C)OB(O)OC1(C)C(O)c1cccc(C(N)=O)c1. The van der Waals surface area contributed by atoms with Gasteiger partial charge >= 0.3 is 7.32 Å². The molecule has 0 saturated carbocycles. The molecule has 1 heterocycles. The molecule has 4 N–H and O–H groups in total. The fraction of sp³-hybridized carbons (Fsp3) is 0.462. The van der Waals surface area contributed by atoms with Crippen LogP contribution in [0.5, 0.6) is 0 Å². The summed E-state index contributed by atoms with van der Waals surface area (Å²) in [5.41, 5.74) is 3.92. The Morgan fingerprint density at radius 2 is 2.00 bits per heavy atom. The van der Waals surface area contributed by atoms with Crippen LogP contribution in [-0.2, 0) is 9.31 Å². The highest BCUT2D eigenvalue weighted by molar-refractivity contribution is 6.35. The fourth-order valence-electron chi connectivity index (χ4n) is 2.32. The molecule has 0 aliphatic carbocycles. The molecular formula is C13H18BNO5. The third kappa shape index (κ3) is 2.33. The highest BCUT2D eigenvalue weighted by Gasteiger charge is 2.58. The Kier molecular flexibility index (Phi) is 3.64. The van der Waals surface area contributed by atoms with E-state index in [0.717, 1.165) is 0 Å². The summed E-state index contributed by atoms with van der Waals surface area (Å²) in [5, 5.41) is 20.1. The van der Waals surface area contributed by atoms with Crippen molar-refractivity contribution in [1.82, 2.24) is 0 Å². The Balaban J connectivity index is 2.38. The van der Waals surface area contributed by atoms with Crippen molar-refractivity contribution in [2.45, 2.75) is 38.1 Å². The zero-order valence-electron chi connectivity index (χ0n) is 11.7. The molecule has 1 aromatic rings. The second kappa shape index (κ2) is 4.85. The van der Waals surface area contributed by atoms with E-state index in [1.807, 2.05) is 0 Å². The number of aliphatic hydroxyl groups is 1. The van der Waals surface area contributed by atoms with Gasteiger partial charge in [-0.2, -0.15) is 0 Å². The topological polar surface area (TPSA) is 102 Å². The standard InChI is InChI=1S/C13H18BNO5/c1-12(2)13(3,20-14(18)19-12)10(16)8-5-4-6-9(7-8)11(15)17/h4-7,10,16,18H,1-3H3,(H2,15,17). The van der Waals surface area contributed by atoms with Crippen LogP contribution >= 0.6 is 0 Å². The molecule has 1 aromatic carbocycles. The number of rotatable bonds is 3. The molecule has 1 aliphatic rings. The Morgan fingerprint density at radius 3 is 2.50 bits per heavy atom. The summed E-state index contributed by atoms with van der Waals surface area (Å²) in [6.07, 6.45) is -1.09. The molecule has 20 heavy (non-hydrogen) atoms. The number of hydrogen-bond donors (Lipinski definition) is 3. The molecule has 2 unspecified atom stereocenters. The lowest BCUT2D eigenvalue weighted by atomic mass is 9.80. The van der Waals surface area contributed by atoms with Gasteiger partial charge in [-0.3, -0.25) is 4.79 Å². The molecule has 6 nitrogen and oxygen atoms in total. The number of carbonyl (C=O) groups is 1. The molecule has 0 aromatic heterocycles. The summed E-state index contributed by atoms with van der Waals surface area (Å²) in [4.78, 5) is 11.2. The van der Waals surface area contributed by atoms with E-state index >= 15 is 0 Å². The van der Waals surface area contributed by atoms with E-state index in [2.05, 4.69) is 0 Å². The summed E-state index contributed by atoms with van der Waals surface area (Å²) in [6, 6.07) is 6.35. The maximum atomic E-state index is 11.2. The van der Waals surface area contributed by atoms with Gasteiger partial charge in [-0.15, -0.1) is 0 Å². The minimum atomic E-state index is -1.40. The molecule has 2 atom stereocenters. The fourth-order valence-corrected chi connectivity index (χ4v) is 2.32. The number of primary amides is 1. The summed E-state index contributed by atoms with van der Waals surface area (Å²) in [5.74, 6) is -0.577. The van der Waals surface area contributed by atoms with Gasteiger partial charge < -0.3 is 25.2 Å². The van der Waals surface area contributed by atoms with Crippen molar-refractivity contribution in [3.63, 3.8) is 0 Å². The van der Waals surface area contributed by atoms with Crippen LogP contribution in [0.2, 0.25) is 0 Å². The summed E-state index contributed by atoms with van der Waals surface area (Å²) >= 11 is 0. The molecular weight excluding hydrogens is 261 g/mol. The highest BCUT2D eigenvalue weighted by atomic mass is 16.7. The predicted molar refractivity (Wildman–Crippen MR) is 72.5 cm³/mol. The molecule has 1 amide bonds. The third-order valence-electron chi connectivity index (χ3n) is 3.95. The minimum absolute atomic E-state index is 0.294. The average Bonchev–Trinajstić information content (AvgIpc) is 2.57. The molecule has 0 radical (unpaired) electrons. The van der Waals surface area contributed by atoms with Gasteiger partial charge in [0.1, 0.15) is 11.7 Å². The normalized spacial score (nSPS) is 26.6. The van der Waals surface area contributed by atoms with Crippen LogP contribution in [0.15, 0.2) is 24.3 Å². The van der Waals surface area contributed by atoms with E-state index in [-0.39, 0.29) is 0 Å². The van der Waals surface area contributed by atoms with Crippen molar-refractivity contribution >= 4 is 13.2 Å². The molecule has 2 rings (SSSR count). The average molecular weight is 279 g/mol. The molecule has 0 spiro atoms. The monoisotopic (exact) mass is 279 g/mol. The van der Waals surface area contributed by atoms with Crippen LogP contribution in [0.25, 0.3) is 0 Å². The van der Waals surface area contributed by atoms with Gasteiger partial charge in [0.2, 0.25) is 5.91 Å². The molecule has 0 bridgehead atoms. The van der Waals surface area contributed by atoms with Gasteiger partial charge in [-0.1, -0.05) is 12.1 Å². The van der Waals surface area contributed by atoms with E-state index in [9.17, 15) is 14.9 Å². The van der Waals surface area contributed by atoms with E-state index in [1.54, 1.807) is 39.0 Å². The van der Waals surface area contributed by atoms with E-state index < -0.39 is 30.5 Å². The highest BCUT2D eigenvalue weighted by Crippen LogP contribution is 2.44. The van der Waals surface area contributed by atoms with Crippen molar-refractivity contribution in [2.75, 3.05) is 0 Å². The van der Waals surface area contributed by atoms with Crippen LogP contribution < -0.4 is 5.73 Å². The predicted octanol–water partition coefficient (Wildman–Crippen LogP) is 0.380. The lowest BCUT2D eigenvalue weighted by molar-refractivity contribution is -0.0998. The first-order valence-electron chi connectivity index (χ1n) is 6.29. The smallest absolute Gasteiger partial charge is 0.402 e. The molecule has 1 fully saturated rings. The maximum absolute atomic E-state index is 11.2. The summed E-state index contributed by atoms with van der Waals surface area (Å²) in [7, 11) is -1.40. The van der Waals surface area contributed by atoms with Crippen molar-refractivity contribution in [2.24, 2.45) is 5.73 Å². The van der Waals surface area contributed by atoms with Gasteiger partial charge in [0, 0.05) is 5.56 Å². The van der Waals surface area contributed by atoms with Crippen molar-refractivity contribution in [1.29, 1.82) is 0 Å². The number of amides is 1. The first-order chi connectivity index (χ1) is 9.17. The van der Waals surface area contributed by atoms with Gasteiger partial charge in [0.25, 0.3) is 0 Å². The quantitative estimate of drug-likeness (QED) is 0.694. The number of aliphatic hydroxyl groups excluding tert-OH is 1. The van der Waals surface area contributed by atoms with Crippen LogP contribution in [0, 0.1) is 0 Å². The Hall–Kier alpha value is -1.41. The van der Waals surface area contributed by atoms with Crippen LogP contribution in [0.3, 0.4) is 0 Å². The van der Waals surface area contributed by atoms with Crippen molar-refractivity contribution in [3.05, 3.63) is 35.4 Å². The third-order valence-corrected chi connectivity index (χ3v) is 3.95. The molecule has 1 saturated heterocycles.